The van der Waals surface area contributed by atoms with Crippen molar-refractivity contribution in [3.05, 3.63) is 65.0 Å². The fraction of sp³-hybridized carbons (Fsp3) is 0.513. The maximum absolute atomic E-state index is 14.3. The van der Waals surface area contributed by atoms with Gasteiger partial charge < -0.3 is 34.4 Å². The third-order valence-electron chi connectivity index (χ3n) is 11.6. The van der Waals surface area contributed by atoms with Crippen LogP contribution in [-0.2, 0) is 34.6 Å². The van der Waals surface area contributed by atoms with Crippen LogP contribution in [0.5, 0.6) is 5.75 Å². The summed E-state index contributed by atoms with van der Waals surface area (Å²) >= 11 is 1.28. The number of hydrogen-bond donors (Lipinski definition) is 3. The number of morpholine rings is 1. The second-order valence-electron chi connectivity index (χ2n) is 15.5. The first-order chi connectivity index (χ1) is 26.4. The minimum absolute atomic E-state index is 0.0541. The molecule has 5 fully saturated rings. The van der Waals surface area contributed by atoms with E-state index in [9.17, 15) is 33.6 Å². The molecule has 16 heteroatoms. The Morgan fingerprint density at radius 3 is 2.45 bits per heavy atom. The Labute approximate surface area is 323 Å². The molecule has 7 atom stereocenters. The van der Waals surface area contributed by atoms with Crippen LogP contribution in [0.15, 0.2) is 54.6 Å². The zero-order valence-corrected chi connectivity index (χ0v) is 32.3. The van der Waals surface area contributed by atoms with E-state index in [-0.39, 0.29) is 41.8 Å². The van der Waals surface area contributed by atoms with Crippen molar-refractivity contribution in [3.8, 4) is 5.75 Å². The number of carbonyl (C=O) groups excluding carboxylic acids is 4. The summed E-state index contributed by atoms with van der Waals surface area (Å²) in [6, 6.07) is 13.2. The van der Waals surface area contributed by atoms with Crippen molar-refractivity contribution >= 4 is 58.5 Å². The molecule has 55 heavy (non-hydrogen) atoms. The Hall–Kier alpha value is -4.30. The van der Waals surface area contributed by atoms with Crippen LogP contribution in [0.4, 0.5) is 0 Å². The summed E-state index contributed by atoms with van der Waals surface area (Å²) in [5.41, 5.74) is 0.631. The van der Waals surface area contributed by atoms with Gasteiger partial charge in [-0.25, -0.2) is 5.09 Å². The topological polar surface area (TPSA) is 175 Å². The zero-order chi connectivity index (χ0) is 38.4. The summed E-state index contributed by atoms with van der Waals surface area (Å²) in [6.45, 7) is 4.29. The number of thiophene rings is 1. The van der Waals surface area contributed by atoms with Gasteiger partial charge in [-0.15, -0.1) is 11.3 Å². The number of rotatable bonds is 11. The summed E-state index contributed by atoms with van der Waals surface area (Å²) in [7, 11) is -3.74. The highest BCUT2D eigenvalue weighted by Gasteiger charge is 2.53. The number of ether oxygens (including phenoxy) is 1. The smallest absolute Gasteiger partial charge is 0.321 e. The van der Waals surface area contributed by atoms with Gasteiger partial charge in [-0.05, 0) is 92.1 Å². The molecule has 1 aromatic heterocycles. The molecule has 3 N–H and O–H groups in total. The van der Waals surface area contributed by atoms with Crippen LogP contribution < -0.4 is 14.9 Å². The Morgan fingerprint density at radius 2 is 1.71 bits per heavy atom. The SMILES string of the molecule is C[C@H](N[P@@](=O)(Cc1ccc2sc(C(=O)N[C@H]3C[C@@H]4C[C@@H]4C[C@H]4CC[C@@H](C(=O)N5CC(C(=O)N6CCOCC6)C5)N4C3=O)cc2c1)Oc1ccccc1)C(=O)O. The van der Waals surface area contributed by atoms with Crippen LogP contribution >= 0.6 is 18.9 Å². The van der Waals surface area contributed by atoms with Gasteiger partial charge in [-0.2, -0.15) is 0 Å². The van der Waals surface area contributed by atoms with Gasteiger partial charge in [0.05, 0.1) is 30.2 Å². The zero-order valence-electron chi connectivity index (χ0n) is 30.6. The number of aliphatic carboxylic acids is 1. The Bertz CT molecular complexity index is 2030. The third kappa shape index (κ3) is 8.03. The van der Waals surface area contributed by atoms with Crippen LogP contribution in [-0.4, -0.2) is 113 Å². The summed E-state index contributed by atoms with van der Waals surface area (Å²) in [5.74, 6) is -0.899. The Balaban J connectivity index is 0.947. The third-order valence-corrected chi connectivity index (χ3v) is 14.8. The van der Waals surface area contributed by atoms with Gasteiger partial charge in [0, 0.05) is 36.9 Å². The van der Waals surface area contributed by atoms with E-state index in [4.69, 9.17) is 9.26 Å². The van der Waals surface area contributed by atoms with Crippen LogP contribution in [0, 0.1) is 17.8 Å². The van der Waals surface area contributed by atoms with E-state index in [0.717, 1.165) is 29.3 Å². The number of nitrogens with one attached hydrogen (secondary N) is 2. The second-order valence-corrected chi connectivity index (χ2v) is 18.7. The van der Waals surface area contributed by atoms with Crippen molar-refractivity contribution < 1.29 is 42.9 Å². The molecule has 5 heterocycles. The number of hydrogen-bond acceptors (Lipinski definition) is 9. The Morgan fingerprint density at radius 1 is 0.964 bits per heavy atom. The number of carbonyl (C=O) groups is 5. The highest BCUT2D eigenvalue weighted by Crippen LogP contribution is 2.50. The number of fused-ring (bicyclic) bond motifs is 3. The molecule has 4 saturated heterocycles. The molecule has 5 aliphatic rings. The van der Waals surface area contributed by atoms with Crippen molar-refractivity contribution in [2.24, 2.45) is 17.8 Å². The van der Waals surface area contributed by atoms with Gasteiger partial charge in [0.15, 0.2) is 0 Å². The fourth-order valence-electron chi connectivity index (χ4n) is 8.58. The summed E-state index contributed by atoms with van der Waals surface area (Å²) in [6.07, 6.45) is 3.61. The van der Waals surface area contributed by atoms with Crippen molar-refractivity contribution in [3.63, 3.8) is 0 Å². The molecule has 292 valence electrons. The first-order valence-electron chi connectivity index (χ1n) is 19.1. The molecule has 0 spiro atoms. The molecule has 0 bridgehead atoms. The van der Waals surface area contributed by atoms with Gasteiger partial charge in [0.1, 0.15) is 23.9 Å². The highest BCUT2D eigenvalue weighted by atomic mass is 32.1. The van der Waals surface area contributed by atoms with E-state index < -0.39 is 31.6 Å². The van der Waals surface area contributed by atoms with E-state index in [1.165, 1.54) is 18.3 Å². The quantitative estimate of drug-likeness (QED) is 0.242. The molecule has 1 saturated carbocycles. The molecule has 3 aromatic rings. The molecule has 4 amide bonds. The van der Waals surface area contributed by atoms with E-state index in [1.54, 1.807) is 52.3 Å². The van der Waals surface area contributed by atoms with Crippen LogP contribution in [0.1, 0.15) is 54.3 Å². The monoisotopic (exact) mass is 791 g/mol. The molecule has 1 aliphatic carbocycles. The van der Waals surface area contributed by atoms with Crippen LogP contribution in [0.2, 0.25) is 0 Å². The summed E-state index contributed by atoms with van der Waals surface area (Å²) in [5, 5.41) is 16.0. The highest BCUT2D eigenvalue weighted by molar-refractivity contribution is 7.56. The minimum Gasteiger partial charge on any atom is -0.480 e. The van der Waals surface area contributed by atoms with Crippen LogP contribution in [0.25, 0.3) is 10.1 Å². The van der Waals surface area contributed by atoms with Crippen molar-refractivity contribution in [2.45, 2.75) is 69.4 Å². The average Bonchev–Trinajstić information content (AvgIpc) is 3.50. The number of carboxylic acid groups (broad SMARTS) is 1. The van der Waals surface area contributed by atoms with Gasteiger partial charge in [-0.3, -0.25) is 28.5 Å². The molecule has 0 unspecified atom stereocenters. The van der Waals surface area contributed by atoms with E-state index >= 15 is 0 Å². The predicted octanol–water partition coefficient (Wildman–Crippen LogP) is 3.94. The lowest BCUT2D eigenvalue weighted by molar-refractivity contribution is -0.156. The summed E-state index contributed by atoms with van der Waals surface area (Å²) in [4.78, 5) is 72.3. The van der Waals surface area contributed by atoms with Gasteiger partial charge >= 0.3 is 13.5 Å². The predicted molar refractivity (Wildman–Crippen MR) is 204 cm³/mol. The van der Waals surface area contributed by atoms with Crippen molar-refractivity contribution in [1.82, 2.24) is 25.1 Å². The molecule has 14 nitrogen and oxygen atoms in total. The lowest BCUT2D eigenvalue weighted by Crippen LogP contribution is -2.62. The number of likely N-dealkylation sites (tertiary alicyclic amines) is 1. The van der Waals surface area contributed by atoms with Crippen molar-refractivity contribution in [1.29, 1.82) is 0 Å². The number of carboxylic acids is 1. The largest absolute Gasteiger partial charge is 0.480 e. The lowest BCUT2D eigenvalue weighted by atomic mass is 9.96. The first-order valence-corrected chi connectivity index (χ1v) is 21.7. The Kier molecular flexibility index (Phi) is 10.5. The summed E-state index contributed by atoms with van der Waals surface area (Å²) < 4.78 is 26.1. The minimum atomic E-state index is -3.74. The standard InChI is InChI=1S/C39H46N5O9PS/c1-23(39(49)50)41-54(51,53-30-5-3-2-4-6-30)22-24-7-10-33-27(15-24)19-34(55-33)35(45)40-31-18-26-16-25(26)17-29-8-9-32(44(29)37(31)47)38(48)43-20-28(21-43)36(46)42-11-13-52-14-12-42/h2-7,10,15,19,23,25-26,28-29,31-32H,8-9,11-14,16-18,20-22H2,1H3,(H,40,45)(H,41,51)(H,49,50)/t23-,25+,26-,29+,31-,32-,54+/m0/s1. The fourth-order valence-corrected chi connectivity index (χ4v) is 11.6. The van der Waals surface area contributed by atoms with E-state index in [1.807, 2.05) is 17.0 Å². The maximum Gasteiger partial charge on any atom is 0.321 e. The average molecular weight is 792 g/mol. The maximum atomic E-state index is 14.3. The van der Waals surface area contributed by atoms with Crippen molar-refractivity contribution in [2.75, 3.05) is 39.4 Å². The molecule has 4 aliphatic heterocycles. The van der Waals surface area contributed by atoms with Gasteiger partial charge in [-0.1, -0.05) is 24.3 Å². The number of benzene rings is 2. The molecule has 8 rings (SSSR count). The van der Waals surface area contributed by atoms with Gasteiger partial charge in [0.25, 0.3) is 5.91 Å². The molecule has 0 radical (unpaired) electrons. The second kappa shape index (κ2) is 15.3. The lowest BCUT2D eigenvalue weighted by Gasteiger charge is -2.44. The van der Waals surface area contributed by atoms with Crippen LogP contribution in [0.3, 0.4) is 0 Å². The van der Waals surface area contributed by atoms with E-state index in [2.05, 4.69) is 10.4 Å². The normalized spacial score (nSPS) is 26.8. The molecule has 2 aromatic carbocycles. The first kappa shape index (κ1) is 37.6. The number of para-hydroxylation sites is 1. The molecular weight excluding hydrogens is 745 g/mol. The number of amides is 4. The van der Waals surface area contributed by atoms with E-state index in [0.29, 0.717) is 80.3 Å². The number of nitrogens with zero attached hydrogens (tertiary/aromatic N) is 3. The van der Waals surface area contributed by atoms with Gasteiger partial charge in [0.2, 0.25) is 17.7 Å². The molecular formula is C39H46N5O9PS.